The van der Waals surface area contributed by atoms with Crippen LogP contribution in [0.5, 0.6) is 11.5 Å². The summed E-state index contributed by atoms with van der Waals surface area (Å²) in [6.45, 7) is 3.71. The van der Waals surface area contributed by atoms with Gasteiger partial charge in [0.05, 0.1) is 18.1 Å². The summed E-state index contributed by atoms with van der Waals surface area (Å²) in [6, 6.07) is 5.06. The van der Waals surface area contributed by atoms with Crippen LogP contribution in [0.2, 0.25) is 0 Å². The maximum Gasteiger partial charge on any atom is 0.331 e. The predicted octanol–water partition coefficient (Wildman–Crippen LogP) is 3.98. The summed E-state index contributed by atoms with van der Waals surface area (Å²) in [5.74, 6) is -6.57. The van der Waals surface area contributed by atoms with Crippen LogP contribution in [-0.2, 0) is 19.1 Å². The largest absolute Gasteiger partial charge is 0.465 e. The molecule has 2 rings (SSSR count). The van der Waals surface area contributed by atoms with Crippen molar-refractivity contribution >= 4 is 23.4 Å². The molecule has 0 amide bonds. The number of rotatable bonds is 9. The minimum atomic E-state index is -2.40. The molecule has 0 aromatic heterocycles. The van der Waals surface area contributed by atoms with E-state index in [0.29, 0.717) is 6.07 Å². The van der Waals surface area contributed by atoms with Crippen LogP contribution >= 0.6 is 0 Å². The van der Waals surface area contributed by atoms with Crippen LogP contribution < -0.4 is 4.74 Å². The number of carbonyl (C=O) groups is 3. The summed E-state index contributed by atoms with van der Waals surface area (Å²) >= 11 is 0. The highest BCUT2D eigenvalue weighted by Gasteiger charge is 2.51. The Labute approximate surface area is 181 Å². The molecule has 0 atom stereocenters. The number of halogens is 2. The van der Waals surface area contributed by atoms with E-state index in [9.17, 15) is 33.3 Å². The first-order valence-electron chi connectivity index (χ1n) is 9.36. The molecule has 0 fully saturated rings. The van der Waals surface area contributed by atoms with Gasteiger partial charge in [0.25, 0.3) is 0 Å². The van der Waals surface area contributed by atoms with Gasteiger partial charge in [-0.15, -0.1) is 0 Å². The van der Waals surface area contributed by atoms with Crippen molar-refractivity contribution in [1.29, 1.82) is 0 Å². The summed E-state index contributed by atoms with van der Waals surface area (Å²) in [4.78, 5) is 48.6. The lowest BCUT2D eigenvalue weighted by atomic mass is 9.82. The zero-order valence-corrected chi connectivity index (χ0v) is 17.3. The second kappa shape index (κ2) is 9.94. The fourth-order valence-electron chi connectivity index (χ4n) is 2.67. The standard InChI is InChI=1S/C21H19F2NO8/c1-4-30-19(26)21(3,20(27)31-5-2)18(25)12-6-8-15(24(28)29)17(10-12)32-16-9-7-13(22)11-14(16)23/h6-11H,4-5H2,1-3H3. The van der Waals surface area contributed by atoms with Crippen molar-refractivity contribution in [2.75, 3.05) is 13.2 Å². The normalized spacial score (nSPS) is 10.9. The molecule has 2 aromatic carbocycles. The average molecular weight is 451 g/mol. The predicted molar refractivity (Wildman–Crippen MR) is 105 cm³/mol. The number of Topliss-reactive ketones (excluding diaryl/α,β-unsaturated/α-hetero) is 1. The van der Waals surface area contributed by atoms with Gasteiger partial charge in [-0.05, 0) is 45.0 Å². The van der Waals surface area contributed by atoms with E-state index in [-0.39, 0.29) is 18.8 Å². The number of nitro benzene ring substituents is 1. The van der Waals surface area contributed by atoms with Crippen LogP contribution in [0.1, 0.15) is 31.1 Å². The Kier molecular flexibility index (Phi) is 7.58. The maximum atomic E-state index is 14.0. The monoisotopic (exact) mass is 451 g/mol. The number of ketones is 1. The van der Waals surface area contributed by atoms with Gasteiger partial charge in [0.1, 0.15) is 5.82 Å². The first kappa shape index (κ1) is 24.4. The summed E-state index contributed by atoms with van der Waals surface area (Å²) in [6.07, 6.45) is 0. The van der Waals surface area contributed by atoms with Crippen LogP contribution in [0.25, 0.3) is 0 Å². The molecule has 32 heavy (non-hydrogen) atoms. The minimum absolute atomic E-state index is 0.125. The Morgan fingerprint density at radius 3 is 2.06 bits per heavy atom. The lowest BCUT2D eigenvalue weighted by Gasteiger charge is -2.23. The van der Waals surface area contributed by atoms with Crippen molar-refractivity contribution in [3.8, 4) is 11.5 Å². The van der Waals surface area contributed by atoms with Crippen LogP contribution in [0, 0.1) is 27.2 Å². The zero-order chi connectivity index (χ0) is 24.1. The second-order valence-electron chi connectivity index (χ2n) is 6.51. The van der Waals surface area contributed by atoms with Crippen molar-refractivity contribution in [3.05, 3.63) is 63.7 Å². The molecule has 0 saturated heterocycles. The first-order chi connectivity index (χ1) is 15.1. The number of esters is 2. The molecule has 170 valence electrons. The third-order valence-corrected chi connectivity index (χ3v) is 4.35. The summed E-state index contributed by atoms with van der Waals surface area (Å²) in [5, 5.41) is 11.4. The van der Waals surface area contributed by atoms with E-state index in [4.69, 9.17) is 14.2 Å². The molecule has 0 heterocycles. The van der Waals surface area contributed by atoms with Gasteiger partial charge < -0.3 is 14.2 Å². The van der Waals surface area contributed by atoms with Crippen LogP contribution in [-0.4, -0.2) is 35.9 Å². The van der Waals surface area contributed by atoms with Crippen molar-refractivity contribution in [3.63, 3.8) is 0 Å². The van der Waals surface area contributed by atoms with E-state index in [0.717, 1.165) is 37.3 Å². The third kappa shape index (κ3) is 4.88. The Hall–Kier alpha value is -3.89. The molecule has 0 bridgehead atoms. The Morgan fingerprint density at radius 2 is 1.56 bits per heavy atom. The lowest BCUT2D eigenvalue weighted by molar-refractivity contribution is -0.385. The van der Waals surface area contributed by atoms with E-state index in [1.807, 2.05) is 0 Å². The van der Waals surface area contributed by atoms with E-state index in [1.54, 1.807) is 0 Å². The van der Waals surface area contributed by atoms with Crippen molar-refractivity contribution < 1.29 is 42.3 Å². The molecular formula is C21H19F2NO8. The lowest BCUT2D eigenvalue weighted by Crippen LogP contribution is -2.46. The van der Waals surface area contributed by atoms with Gasteiger partial charge in [-0.3, -0.25) is 24.5 Å². The first-order valence-corrected chi connectivity index (χ1v) is 9.36. The number of nitrogens with zero attached hydrogens (tertiary/aromatic N) is 1. The van der Waals surface area contributed by atoms with Crippen molar-refractivity contribution in [1.82, 2.24) is 0 Å². The quantitative estimate of drug-likeness (QED) is 0.184. The highest BCUT2D eigenvalue weighted by molar-refractivity contribution is 6.25. The van der Waals surface area contributed by atoms with Crippen molar-refractivity contribution in [2.24, 2.45) is 5.41 Å². The highest BCUT2D eigenvalue weighted by atomic mass is 19.1. The molecule has 11 heteroatoms. The van der Waals surface area contributed by atoms with E-state index < -0.39 is 56.9 Å². The van der Waals surface area contributed by atoms with Crippen molar-refractivity contribution in [2.45, 2.75) is 20.8 Å². The molecule has 0 aliphatic rings. The van der Waals surface area contributed by atoms with Crippen LogP contribution in [0.3, 0.4) is 0 Å². The highest BCUT2D eigenvalue weighted by Crippen LogP contribution is 2.36. The number of hydrogen-bond donors (Lipinski definition) is 0. The van der Waals surface area contributed by atoms with Gasteiger partial charge in [-0.2, -0.15) is 0 Å². The molecule has 2 aromatic rings. The topological polar surface area (TPSA) is 122 Å². The number of hydrogen-bond acceptors (Lipinski definition) is 8. The maximum absolute atomic E-state index is 14.0. The number of carbonyl (C=O) groups excluding carboxylic acids is 3. The van der Waals surface area contributed by atoms with Gasteiger partial charge in [0.15, 0.2) is 17.3 Å². The van der Waals surface area contributed by atoms with Crippen LogP contribution in [0.4, 0.5) is 14.5 Å². The SMILES string of the molecule is CCOC(=O)C(C)(C(=O)OCC)C(=O)c1ccc([N+](=O)[O-])c(Oc2ccc(F)cc2F)c1. The molecular weight excluding hydrogens is 432 g/mol. The van der Waals surface area contributed by atoms with Gasteiger partial charge in [-0.25, -0.2) is 8.78 Å². The average Bonchev–Trinajstić information content (AvgIpc) is 2.74. The number of ether oxygens (including phenoxy) is 3. The van der Waals surface area contributed by atoms with E-state index in [2.05, 4.69) is 0 Å². The Morgan fingerprint density at radius 1 is 0.969 bits per heavy atom. The number of nitro groups is 1. The zero-order valence-electron chi connectivity index (χ0n) is 17.3. The van der Waals surface area contributed by atoms with Crippen LogP contribution in [0.15, 0.2) is 36.4 Å². The summed E-state index contributed by atoms with van der Waals surface area (Å²) in [7, 11) is 0. The Bertz CT molecular complexity index is 1050. The molecule has 0 spiro atoms. The molecule has 9 nitrogen and oxygen atoms in total. The van der Waals surface area contributed by atoms with E-state index in [1.165, 1.54) is 13.8 Å². The van der Waals surface area contributed by atoms with Gasteiger partial charge in [0, 0.05) is 17.7 Å². The van der Waals surface area contributed by atoms with Gasteiger partial charge >= 0.3 is 17.6 Å². The third-order valence-electron chi connectivity index (χ3n) is 4.35. The molecule has 0 saturated carbocycles. The number of benzene rings is 2. The fourth-order valence-corrected chi connectivity index (χ4v) is 2.67. The van der Waals surface area contributed by atoms with E-state index >= 15 is 0 Å². The molecule has 0 aliphatic carbocycles. The molecule has 0 unspecified atom stereocenters. The second-order valence-corrected chi connectivity index (χ2v) is 6.51. The minimum Gasteiger partial charge on any atom is -0.465 e. The molecule has 0 radical (unpaired) electrons. The smallest absolute Gasteiger partial charge is 0.331 e. The summed E-state index contributed by atoms with van der Waals surface area (Å²) in [5.41, 5.74) is -3.38. The van der Waals surface area contributed by atoms with Gasteiger partial charge in [0.2, 0.25) is 11.2 Å². The Balaban J connectivity index is 2.57. The molecule has 0 N–H and O–H groups in total. The fraction of sp³-hybridized carbons (Fsp3) is 0.286. The summed E-state index contributed by atoms with van der Waals surface area (Å²) < 4.78 is 42.0. The molecule has 0 aliphatic heterocycles. The van der Waals surface area contributed by atoms with Gasteiger partial charge in [-0.1, -0.05) is 0 Å².